The number of nitrogens with one attached hydrogen (secondary N) is 1. The number of anilines is 1. The summed E-state index contributed by atoms with van der Waals surface area (Å²) in [5, 5.41) is 2.65. The molecule has 88 valence electrons. The molecule has 1 aromatic heterocycles. The Balaban J connectivity index is 2.69. The Hall–Kier alpha value is -1.42. The van der Waals surface area contributed by atoms with E-state index < -0.39 is 0 Å². The maximum atomic E-state index is 11.2. The van der Waals surface area contributed by atoms with E-state index in [0.29, 0.717) is 5.82 Å². The molecule has 0 atom stereocenters. The van der Waals surface area contributed by atoms with Gasteiger partial charge in [0.15, 0.2) is 0 Å². The molecular formula is C12H18N2O2. The van der Waals surface area contributed by atoms with Crippen LogP contribution in [0.3, 0.4) is 0 Å². The molecule has 1 heterocycles. The standard InChI is InChI=1S/C12H18N2O2/c1-12(2,3)9-5-6-10(13-7-9)14-11(15)8-16-4/h5-7H,8H2,1-4H3,(H,13,14,15). The maximum absolute atomic E-state index is 11.2. The van der Waals surface area contributed by atoms with E-state index in [9.17, 15) is 4.79 Å². The number of hydrogen-bond donors (Lipinski definition) is 1. The van der Waals surface area contributed by atoms with Crippen molar-refractivity contribution >= 4 is 11.7 Å². The molecule has 0 radical (unpaired) electrons. The summed E-state index contributed by atoms with van der Waals surface area (Å²) in [5.41, 5.74) is 1.21. The van der Waals surface area contributed by atoms with Crippen LogP contribution >= 0.6 is 0 Å². The first kappa shape index (κ1) is 12.6. The molecule has 0 saturated carbocycles. The zero-order chi connectivity index (χ0) is 12.2. The predicted octanol–water partition coefficient (Wildman–Crippen LogP) is 1.96. The third-order valence-electron chi connectivity index (χ3n) is 2.17. The van der Waals surface area contributed by atoms with Gasteiger partial charge in [-0.1, -0.05) is 26.8 Å². The van der Waals surface area contributed by atoms with Crippen molar-refractivity contribution in [3.05, 3.63) is 23.9 Å². The van der Waals surface area contributed by atoms with E-state index in [0.717, 1.165) is 5.56 Å². The average Bonchev–Trinajstić information content (AvgIpc) is 2.17. The number of carbonyl (C=O) groups is 1. The third kappa shape index (κ3) is 3.62. The highest BCUT2D eigenvalue weighted by Gasteiger charge is 2.13. The highest BCUT2D eigenvalue weighted by atomic mass is 16.5. The molecule has 0 spiro atoms. The second kappa shape index (κ2) is 5.07. The molecule has 0 aliphatic rings. The molecule has 0 fully saturated rings. The first-order valence-corrected chi connectivity index (χ1v) is 5.19. The topological polar surface area (TPSA) is 51.2 Å². The van der Waals surface area contributed by atoms with E-state index in [1.807, 2.05) is 6.07 Å². The second-order valence-electron chi connectivity index (χ2n) is 4.66. The first-order chi connectivity index (χ1) is 7.43. The van der Waals surface area contributed by atoms with Crippen LogP contribution < -0.4 is 5.32 Å². The summed E-state index contributed by atoms with van der Waals surface area (Å²) in [6.07, 6.45) is 1.78. The Bertz CT molecular complexity index is 352. The van der Waals surface area contributed by atoms with Crippen molar-refractivity contribution in [1.82, 2.24) is 4.98 Å². The molecule has 1 aromatic rings. The van der Waals surface area contributed by atoms with Crippen LogP contribution in [0.2, 0.25) is 0 Å². The number of ether oxygens (including phenoxy) is 1. The molecule has 0 aromatic carbocycles. The number of methoxy groups -OCH3 is 1. The summed E-state index contributed by atoms with van der Waals surface area (Å²) in [6.45, 7) is 6.40. The van der Waals surface area contributed by atoms with Crippen molar-refractivity contribution < 1.29 is 9.53 Å². The Labute approximate surface area is 96.0 Å². The summed E-state index contributed by atoms with van der Waals surface area (Å²) in [6, 6.07) is 3.77. The van der Waals surface area contributed by atoms with Gasteiger partial charge in [0.2, 0.25) is 0 Å². The zero-order valence-corrected chi connectivity index (χ0v) is 10.2. The average molecular weight is 222 g/mol. The van der Waals surface area contributed by atoms with E-state index in [2.05, 4.69) is 31.1 Å². The second-order valence-corrected chi connectivity index (χ2v) is 4.66. The van der Waals surface area contributed by atoms with Crippen LogP contribution in [0.15, 0.2) is 18.3 Å². The van der Waals surface area contributed by atoms with Gasteiger partial charge in [0, 0.05) is 13.3 Å². The van der Waals surface area contributed by atoms with Crippen molar-refractivity contribution in [2.24, 2.45) is 0 Å². The molecule has 4 heteroatoms. The van der Waals surface area contributed by atoms with Crippen LogP contribution in [-0.2, 0) is 14.9 Å². The Kier molecular flexibility index (Phi) is 4.01. The van der Waals surface area contributed by atoms with Crippen LogP contribution in [0.4, 0.5) is 5.82 Å². The molecule has 0 bridgehead atoms. The van der Waals surface area contributed by atoms with Crippen LogP contribution in [0, 0.1) is 0 Å². The maximum Gasteiger partial charge on any atom is 0.251 e. The van der Waals surface area contributed by atoms with Crippen molar-refractivity contribution in [2.45, 2.75) is 26.2 Å². The lowest BCUT2D eigenvalue weighted by Gasteiger charge is -2.18. The Morgan fingerprint density at radius 2 is 2.12 bits per heavy atom. The fraction of sp³-hybridized carbons (Fsp3) is 0.500. The molecule has 4 nitrogen and oxygen atoms in total. The van der Waals surface area contributed by atoms with Crippen molar-refractivity contribution in [3.8, 4) is 0 Å². The SMILES string of the molecule is COCC(=O)Nc1ccc(C(C)(C)C)cn1. The number of nitrogens with zero attached hydrogens (tertiary/aromatic N) is 1. The summed E-state index contributed by atoms with van der Waals surface area (Å²) < 4.78 is 4.71. The lowest BCUT2D eigenvalue weighted by Crippen LogP contribution is -2.18. The predicted molar refractivity (Wildman–Crippen MR) is 63.4 cm³/mol. The van der Waals surface area contributed by atoms with E-state index in [1.165, 1.54) is 7.11 Å². The highest BCUT2D eigenvalue weighted by molar-refractivity contribution is 5.90. The van der Waals surface area contributed by atoms with E-state index >= 15 is 0 Å². The lowest BCUT2D eigenvalue weighted by atomic mass is 9.88. The first-order valence-electron chi connectivity index (χ1n) is 5.19. The largest absolute Gasteiger partial charge is 0.375 e. The van der Waals surface area contributed by atoms with Gasteiger partial charge in [0.1, 0.15) is 12.4 Å². The number of carbonyl (C=O) groups excluding carboxylic acids is 1. The monoisotopic (exact) mass is 222 g/mol. The number of pyridine rings is 1. The lowest BCUT2D eigenvalue weighted by molar-refractivity contribution is -0.119. The zero-order valence-electron chi connectivity index (χ0n) is 10.2. The van der Waals surface area contributed by atoms with Crippen molar-refractivity contribution in [1.29, 1.82) is 0 Å². The summed E-state index contributed by atoms with van der Waals surface area (Å²) in [7, 11) is 1.48. The molecule has 16 heavy (non-hydrogen) atoms. The van der Waals surface area contributed by atoms with Gasteiger partial charge in [-0.15, -0.1) is 0 Å². The summed E-state index contributed by atoms with van der Waals surface area (Å²) in [4.78, 5) is 15.4. The normalized spacial score (nSPS) is 11.2. The quantitative estimate of drug-likeness (QED) is 0.850. The minimum atomic E-state index is -0.196. The van der Waals surface area contributed by atoms with Crippen LogP contribution in [0.25, 0.3) is 0 Å². The number of amides is 1. The van der Waals surface area contributed by atoms with E-state index in [-0.39, 0.29) is 17.9 Å². The van der Waals surface area contributed by atoms with Crippen LogP contribution in [0.1, 0.15) is 26.3 Å². The van der Waals surface area contributed by atoms with Gasteiger partial charge in [-0.25, -0.2) is 4.98 Å². The van der Waals surface area contributed by atoms with E-state index in [4.69, 9.17) is 4.74 Å². The number of rotatable bonds is 3. The van der Waals surface area contributed by atoms with Gasteiger partial charge in [0.05, 0.1) is 0 Å². The van der Waals surface area contributed by atoms with Crippen molar-refractivity contribution in [3.63, 3.8) is 0 Å². The number of aromatic nitrogens is 1. The molecular weight excluding hydrogens is 204 g/mol. The van der Waals surface area contributed by atoms with Gasteiger partial charge < -0.3 is 10.1 Å². The summed E-state index contributed by atoms with van der Waals surface area (Å²) in [5.74, 6) is 0.355. The fourth-order valence-electron chi connectivity index (χ4n) is 1.22. The molecule has 1 N–H and O–H groups in total. The minimum Gasteiger partial charge on any atom is -0.375 e. The number of hydrogen-bond acceptors (Lipinski definition) is 3. The van der Waals surface area contributed by atoms with E-state index in [1.54, 1.807) is 12.3 Å². The molecule has 0 saturated heterocycles. The van der Waals surface area contributed by atoms with Gasteiger partial charge in [0.25, 0.3) is 5.91 Å². The van der Waals surface area contributed by atoms with Gasteiger partial charge in [-0.3, -0.25) is 4.79 Å². The van der Waals surface area contributed by atoms with Gasteiger partial charge in [-0.05, 0) is 17.0 Å². The van der Waals surface area contributed by atoms with Gasteiger partial charge >= 0.3 is 0 Å². The summed E-state index contributed by atoms with van der Waals surface area (Å²) >= 11 is 0. The van der Waals surface area contributed by atoms with Crippen molar-refractivity contribution in [2.75, 3.05) is 19.0 Å². The molecule has 1 amide bonds. The Morgan fingerprint density at radius 1 is 1.44 bits per heavy atom. The third-order valence-corrected chi connectivity index (χ3v) is 2.17. The minimum absolute atomic E-state index is 0.0443. The molecule has 1 rings (SSSR count). The van der Waals surface area contributed by atoms with Crippen LogP contribution in [0.5, 0.6) is 0 Å². The molecule has 0 aliphatic carbocycles. The fourth-order valence-corrected chi connectivity index (χ4v) is 1.22. The highest BCUT2D eigenvalue weighted by Crippen LogP contribution is 2.21. The smallest absolute Gasteiger partial charge is 0.251 e. The van der Waals surface area contributed by atoms with Gasteiger partial charge in [-0.2, -0.15) is 0 Å². The molecule has 0 unspecified atom stereocenters. The Morgan fingerprint density at radius 3 is 2.56 bits per heavy atom. The molecule has 0 aliphatic heterocycles. The van der Waals surface area contributed by atoms with Crippen LogP contribution in [-0.4, -0.2) is 24.6 Å².